The number of carbonyl (C=O) groups is 3. The van der Waals surface area contributed by atoms with Crippen molar-refractivity contribution in [1.29, 1.82) is 0 Å². The van der Waals surface area contributed by atoms with E-state index in [9.17, 15) is 40.3 Å². The normalized spacial score (nSPS) is 11.7. The Kier molecular flexibility index (Phi) is 17.5. The molecule has 2 rings (SSSR count). The number of rotatable bonds is 17. The largest absolute Gasteiger partial charge is 0.491 e. The maximum atomic E-state index is 14.3. The molecule has 0 spiro atoms. The standard InChI is InChI=1S/C36H49N3O14S2/c1-8-20-49-31-26(14-9-10-16-28(40)52-35(2,3)4)30(50-21-12-23-54(43,44)45)27(15-11-17-38-34(42)53-36(5,6)7)32(51-22-13-24-55(46,47)48)29(31)33(41)39-19-18-37-25-39/h18-19,25H,8,10,12-13,16-17,20-24H2,1-7H3,(H,38,42)(H,43,44,45)(H,46,47,48). The number of alkyl carbamates (subject to hydrolysis) is 1. The summed E-state index contributed by atoms with van der Waals surface area (Å²) in [7, 11) is -8.77. The molecular formula is C36H49N3O14S2. The average Bonchev–Trinajstić information content (AvgIpc) is 3.58. The Morgan fingerprint density at radius 3 is 1.82 bits per heavy atom. The number of hydrogen-bond donors (Lipinski definition) is 3. The lowest BCUT2D eigenvalue weighted by molar-refractivity contribution is -0.154. The molecule has 0 aliphatic carbocycles. The summed E-state index contributed by atoms with van der Waals surface area (Å²) in [5.74, 6) is 8.23. The summed E-state index contributed by atoms with van der Waals surface area (Å²) in [6, 6.07) is 0. The monoisotopic (exact) mass is 811 g/mol. The van der Waals surface area contributed by atoms with Crippen molar-refractivity contribution in [2.45, 2.75) is 91.8 Å². The van der Waals surface area contributed by atoms with Gasteiger partial charge in [0, 0.05) is 18.8 Å². The molecule has 0 aliphatic rings. The first-order chi connectivity index (χ1) is 25.5. The SMILES string of the molecule is CCCOc1c(C#CCCC(=O)OC(C)(C)C)c(OCCCS(=O)(=O)O)c(C#CCNC(=O)OC(C)(C)C)c(OCCCS(=O)(=O)O)c1C(=O)n1ccnc1. The number of hydrogen-bond acceptors (Lipinski definition) is 13. The van der Waals surface area contributed by atoms with Gasteiger partial charge in [-0.3, -0.25) is 23.3 Å². The first kappa shape index (κ1) is 46.3. The molecule has 0 fully saturated rings. The van der Waals surface area contributed by atoms with Crippen molar-refractivity contribution in [3.63, 3.8) is 0 Å². The third-order valence-corrected chi connectivity index (χ3v) is 7.98. The minimum absolute atomic E-state index is 0.0101. The highest BCUT2D eigenvalue weighted by molar-refractivity contribution is 7.86. The molecule has 0 saturated heterocycles. The Balaban J connectivity index is 2.97. The minimum atomic E-state index is -4.39. The zero-order valence-electron chi connectivity index (χ0n) is 32.0. The summed E-state index contributed by atoms with van der Waals surface area (Å²) in [5.41, 5.74) is -1.95. The highest BCUT2D eigenvalue weighted by Crippen LogP contribution is 2.44. The van der Waals surface area contributed by atoms with Crippen molar-refractivity contribution in [2.24, 2.45) is 0 Å². The molecular weight excluding hydrogens is 763 g/mol. The fraction of sp³-hybridized carbons (Fsp3) is 0.556. The van der Waals surface area contributed by atoms with Crippen LogP contribution in [0.2, 0.25) is 0 Å². The molecule has 0 radical (unpaired) electrons. The molecule has 0 aliphatic heterocycles. The van der Waals surface area contributed by atoms with E-state index in [0.29, 0.717) is 6.42 Å². The van der Waals surface area contributed by atoms with E-state index in [1.807, 2.05) is 0 Å². The Morgan fingerprint density at radius 1 is 0.800 bits per heavy atom. The van der Waals surface area contributed by atoms with Crippen molar-refractivity contribution < 1.29 is 64.0 Å². The van der Waals surface area contributed by atoms with E-state index in [1.54, 1.807) is 48.5 Å². The van der Waals surface area contributed by atoms with Crippen LogP contribution in [-0.4, -0.2) is 103 Å². The van der Waals surface area contributed by atoms with E-state index < -0.39 is 60.9 Å². The third-order valence-electron chi connectivity index (χ3n) is 6.37. The summed E-state index contributed by atoms with van der Waals surface area (Å²) in [4.78, 5) is 43.0. The predicted octanol–water partition coefficient (Wildman–Crippen LogP) is 4.02. The number of esters is 1. The maximum absolute atomic E-state index is 14.3. The van der Waals surface area contributed by atoms with Gasteiger partial charge in [-0.05, 0) is 60.8 Å². The van der Waals surface area contributed by atoms with E-state index in [-0.39, 0.29) is 86.0 Å². The Morgan fingerprint density at radius 2 is 1.33 bits per heavy atom. The summed E-state index contributed by atoms with van der Waals surface area (Å²) >= 11 is 0. The van der Waals surface area contributed by atoms with E-state index >= 15 is 0 Å². The minimum Gasteiger partial charge on any atom is -0.491 e. The average molecular weight is 812 g/mol. The first-order valence-electron chi connectivity index (χ1n) is 17.2. The third kappa shape index (κ3) is 17.9. The molecule has 1 aromatic carbocycles. The van der Waals surface area contributed by atoms with E-state index in [4.69, 9.17) is 23.7 Å². The zero-order chi connectivity index (χ0) is 41.5. The van der Waals surface area contributed by atoms with Crippen LogP contribution in [0.1, 0.15) is 102 Å². The van der Waals surface area contributed by atoms with Gasteiger partial charge in [-0.25, -0.2) is 9.78 Å². The molecule has 1 amide bonds. The number of nitrogens with one attached hydrogen (secondary N) is 1. The van der Waals surface area contributed by atoms with Crippen LogP contribution in [-0.2, 0) is 34.5 Å². The van der Waals surface area contributed by atoms with E-state index in [2.05, 4.69) is 34.0 Å². The first-order valence-corrected chi connectivity index (χ1v) is 20.4. The van der Waals surface area contributed by atoms with Crippen molar-refractivity contribution in [2.75, 3.05) is 37.9 Å². The van der Waals surface area contributed by atoms with Crippen LogP contribution in [0.5, 0.6) is 17.2 Å². The van der Waals surface area contributed by atoms with Crippen LogP contribution >= 0.6 is 0 Å². The van der Waals surface area contributed by atoms with Crippen LogP contribution in [0.15, 0.2) is 18.7 Å². The topological polar surface area (TPSA) is 236 Å². The molecule has 1 aromatic heterocycles. The molecule has 0 atom stereocenters. The number of imidazole rings is 1. The van der Waals surface area contributed by atoms with Gasteiger partial charge in [0.2, 0.25) is 0 Å². The second-order valence-corrected chi connectivity index (χ2v) is 16.9. The maximum Gasteiger partial charge on any atom is 0.408 e. The number of amides is 1. The quantitative estimate of drug-likeness (QED) is 0.0886. The van der Waals surface area contributed by atoms with Crippen LogP contribution in [0, 0.1) is 23.7 Å². The van der Waals surface area contributed by atoms with Crippen LogP contribution in [0.4, 0.5) is 4.79 Å². The molecule has 304 valence electrons. The van der Waals surface area contributed by atoms with Gasteiger partial charge < -0.3 is 29.0 Å². The van der Waals surface area contributed by atoms with Gasteiger partial charge in [0.1, 0.15) is 34.2 Å². The molecule has 1 heterocycles. The fourth-order valence-electron chi connectivity index (χ4n) is 4.35. The lowest BCUT2D eigenvalue weighted by Gasteiger charge is -2.22. The Labute approximate surface area is 322 Å². The molecule has 55 heavy (non-hydrogen) atoms. The smallest absolute Gasteiger partial charge is 0.408 e. The van der Waals surface area contributed by atoms with Crippen molar-refractivity contribution >= 4 is 38.2 Å². The Bertz CT molecular complexity index is 1990. The van der Waals surface area contributed by atoms with Crippen molar-refractivity contribution in [3.8, 4) is 40.9 Å². The number of nitrogens with zero attached hydrogens (tertiary/aromatic N) is 2. The van der Waals surface area contributed by atoms with Crippen LogP contribution < -0.4 is 19.5 Å². The number of aromatic nitrogens is 2. The molecule has 19 heteroatoms. The fourth-order valence-corrected chi connectivity index (χ4v) is 5.32. The van der Waals surface area contributed by atoms with Crippen LogP contribution in [0.3, 0.4) is 0 Å². The molecule has 2 aromatic rings. The second-order valence-electron chi connectivity index (χ2n) is 13.8. The Hall–Kier alpha value is -4.82. The zero-order valence-corrected chi connectivity index (χ0v) is 33.6. The van der Waals surface area contributed by atoms with Crippen LogP contribution in [0.25, 0.3) is 0 Å². The highest BCUT2D eigenvalue weighted by atomic mass is 32.2. The summed E-state index contributed by atoms with van der Waals surface area (Å²) in [5, 5.41) is 2.49. The van der Waals surface area contributed by atoms with Crippen molar-refractivity contribution in [1.82, 2.24) is 14.9 Å². The molecule has 0 unspecified atom stereocenters. The summed E-state index contributed by atoms with van der Waals surface area (Å²) in [6.07, 6.45) is 3.06. The van der Waals surface area contributed by atoms with Gasteiger partial charge in [-0.15, -0.1) is 0 Å². The summed E-state index contributed by atoms with van der Waals surface area (Å²) in [6.45, 7) is 11.0. The molecule has 3 N–H and O–H groups in total. The van der Waals surface area contributed by atoms with Gasteiger partial charge in [-0.1, -0.05) is 30.6 Å². The van der Waals surface area contributed by atoms with E-state index in [1.165, 1.54) is 18.7 Å². The number of ether oxygens (including phenoxy) is 5. The van der Waals surface area contributed by atoms with Gasteiger partial charge in [-0.2, -0.15) is 16.8 Å². The molecule has 0 bridgehead atoms. The lowest BCUT2D eigenvalue weighted by atomic mass is 9.98. The predicted molar refractivity (Wildman–Crippen MR) is 200 cm³/mol. The molecule has 17 nitrogen and oxygen atoms in total. The second kappa shape index (κ2) is 20.7. The highest BCUT2D eigenvalue weighted by Gasteiger charge is 2.32. The van der Waals surface area contributed by atoms with Gasteiger partial charge in [0.15, 0.2) is 17.2 Å². The molecule has 0 saturated carbocycles. The van der Waals surface area contributed by atoms with Crippen molar-refractivity contribution in [3.05, 3.63) is 35.4 Å². The van der Waals surface area contributed by atoms with Gasteiger partial charge in [0.05, 0.1) is 44.3 Å². The number of benzene rings is 1. The van der Waals surface area contributed by atoms with Gasteiger partial charge in [0.25, 0.3) is 26.1 Å². The van der Waals surface area contributed by atoms with Gasteiger partial charge >= 0.3 is 12.1 Å². The summed E-state index contributed by atoms with van der Waals surface area (Å²) < 4.78 is 94.7. The van der Waals surface area contributed by atoms with E-state index in [0.717, 1.165) is 4.57 Å². The number of carbonyl (C=O) groups excluding carboxylic acids is 3. The lowest BCUT2D eigenvalue weighted by Crippen LogP contribution is -2.32.